The first-order valence-electron chi connectivity index (χ1n) is 11.3. The molecule has 0 aliphatic heterocycles. The van der Waals surface area contributed by atoms with E-state index in [0.717, 1.165) is 20.4 Å². The summed E-state index contributed by atoms with van der Waals surface area (Å²) in [5.41, 5.74) is 3.45. The van der Waals surface area contributed by atoms with E-state index in [0.29, 0.717) is 29.0 Å². The average Bonchev–Trinajstić information content (AvgIpc) is 3.22. The topological polar surface area (TPSA) is 88.9 Å². The molecule has 2 amide bonds. The highest BCUT2D eigenvalue weighted by Gasteiger charge is 2.21. The Balaban J connectivity index is 1.69. The number of benzene rings is 2. The second-order valence-electron chi connectivity index (χ2n) is 8.47. The van der Waals surface area contributed by atoms with E-state index in [1.165, 1.54) is 11.8 Å². The summed E-state index contributed by atoms with van der Waals surface area (Å²) in [5, 5.41) is 15.2. The lowest BCUT2D eigenvalue weighted by atomic mass is 10.0. The van der Waals surface area contributed by atoms with Gasteiger partial charge in [-0.2, -0.15) is 0 Å². The van der Waals surface area contributed by atoms with Gasteiger partial charge in [-0.05, 0) is 77.7 Å². The third kappa shape index (κ3) is 6.94. The van der Waals surface area contributed by atoms with Crippen molar-refractivity contribution in [2.24, 2.45) is 0 Å². The van der Waals surface area contributed by atoms with Crippen LogP contribution in [0.25, 0.3) is 0 Å². The van der Waals surface area contributed by atoms with Gasteiger partial charge in [0.2, 0.25) is 5.91 Å². The van der Waals surface area contributed by atoms with Gasteiger partial charge in [-0.3, -0.25) is 9.59 Å². The first-order chi connectivity index (χ1) is 16.7. The van der Waals surface area contributed by atoms with Crippen molar-refractivity contribution >= 4 is 51.9 Å². The van der Waals surface area contributed by atoms with Crippen LogP contribution >= 0.6 is 34.4 Å². The van der Waals surface area contributed by atoms with Crippen LogP contribution in [0.5, 0.6) is 0 Å². The number of hydrogen-bond acceptors (Lipinski definition) is 5. The number of hydrogen-bond donors (Lipinski definition) is 2. The summed E-state index contributed by atoms with van der Waals surface area (Å²) in [6.45, 7) is 12.3. The molecule has 1 aromatic heterocycles. The highest BCUT2D eigenvalue weighted by Crippen LogP contribution is 2.27. The number of thioether (sulfide) groups is 1. The third-order valence-corrected chi connectivity index (χ3v) is 7.06. The first-order valence-corrected chi connectivity index (χ1v) is 13.4. The van der Waals surface area contributed by atoms with E-state index >= 15 is 0 Å². The monoisotopic (exact) mass is 603 g/mol. The van der Waals surface area contributed by atoms with Crippen LogP contribution in [0.1, 0.15) is 60.0 Å². The van der Waals surface area contributed by atoms with E-state index in [-0.39, 0.29) is 23.6 Å². The molecule has 2 aromatic carbocycles. The summed E-state index contributed by atoms with van der Waals surface area (Å²) in [6.07, 6.45) is 1.74. The molecule has 0 aliphatic rings. The lowest BCUT2D eigenvalue weighted by molar-refractivity contribution is -0.113. The third-order valence-electron chi connectivity index (χ3n) is 5.42. The maximum atomic E-state index is 12.8. The van der Waals surface area contributed by atoms with Crippen LogP contribution in [0.4, 0.5) is 5.69 Å². The molecule has 0 spiro atoms. The van der Waals surface area contributed by atoms with Gasteiger partial charge in [0.05, 0.1) is 11.8 Å². The Bertz CT molecular complexity index is 1220. The molecular formula is C26H30IN5O2S. The fourth-order valence-electron chi connectivity index (χ4n) is 3.64. The average molecular weight is 604 g/mol. The molecule has 0 bridgehead atoms. The van der Waals surface area contributed by atoms with Crippen molar-refractivity contribution < 1.29 is 9.59 Å². The summed E-state index contributed by atoms with van der Waals surface area (Å²) >= 11 is 3.58. The van der Waals surface area contributed by atoms with Crippen molar-refractivity contribution in [3.05, 3.63) is 81.2 Å². The van der Waals surface area contributed by atoms with Gasteiger partial charge < -0.3 is 15.2 Å². The summed E-state index contributed by atoms with van der Waals surface area (Å²) < 4.78 is 3.01. The van der Waals surface area contributed by atoms with Crippen molar-refractivity contribution in [1.82, 2.24) is 20.1 Å². The van der Waals surface area contributed by atoms with Crippen molar-refractivity contribution in [1.29, 1.82) is 0 Å². The molecule has 3 aromatic rings. The Labute approximate surface area is 224 Å². The van der Waals surface area contributed by atoms with Gasteiger partial charge in [0.15, 0.2) is 11.0 Å². The number of carbonyl (C=O) groups is 2. The van der Waals surface area contributed by atoms with Gasteiger partial charge in [0, 0.05) is 21.4 Å². The normalized spacial score (nSPS) is 11.8. The van der Waals surface area contributed by atoms with E-state index < -0.39 is 0 Å². The highest BCUT2D eigenvalue weighted by atomic mass is 127. The van der Waals surface area contributed by atoms with Gasteiger partial charge in [-0.25, -0.2) is 0 Å². The molecule has 0 radical (unpaired) electrons. The largest absolute Gasteiger partial charge is 0.342 e. The number of rotatable bonds is 10. The van der Waals surface area contributed by atoms with Crippen molar-refractivity contribution in [3.8, 4) is 0 Å². The molecule has 0 fully saturated rings. The number of nitrogens with zero attached hydrogens (tertiary/aromatic N) is 3. The zero-order valence-electron chi connectivity index (χ0n) is 20.3. The van der Waals surface area contributed by atoms with Crippen LogP contribution in [0.15, 0.2) is 60.3 Å². The molecule has 7 nitrogen and oxygen atoms in total. The van der Waals surface area contributed by atoms with Crippen LogP contribution in [-0.4, -0.2) is 32.3 Å². The van der Waals surface area contributed by atoms with Gasteiger partial charge in [-0.15, -0.1) is 16.8 Å². The zero-order chi connectivity index (χ0) is 25.5. The smallest absolute Gasteiger partial charge is 0.252 e. The molecular weight excluding hydrogens is 573 g/mol. The number of amides is 2. The second-order valence-corrected chi connectivity index (χ2v) is 10.7. The van der Waals surface area contributed by atoms with Crippen LogP contribution in [-0.2, 0) is 11.3 Å². The Morgan fingerprint density at radius 1 is 1.17 bits per heavy atom. The zero-order valence-corrected chi connectivity index (χ0v) is 23.3. The van der Waals surface area contributed by atoms with E-state index in [9.17, 15) is 9.59 Å². The number of nitrogens with one attached hydrogen (secondary N) is 2. The van der Waals surface area contributed by atoms with Gasteiger partial charge in [-0.1, -0.05) is 49.9 Å². The van der Waals surface area contributed by atoms with E-state index in [1.54, 1.807) is 12.1 Å². The predicted octanol–water partition coefficient (Wildman–Crippen LogP) is 5.72. The van der Waals surface area contributed by atoms with Gasteiger partial charge in [0.25, 0.3) is 5.91 Å². The van der Waals surface area contributed by atoms with E-state index in [2.05, 4.69) is 69.9 Å². The molecule has 3 rings (SSSR count). The maximum Gasteiger partial charge on any atom is 0.252 e. The van der Waals surface area contributed by atoms with Gasteiger partial charge in [0.1, 0.15) is 0 Å². The standard InChI is InChI=1S/C26H30IN5O2S/c1-6-13-32-24(18(5)28-25(34)20-10-8-7-9-17(20)4)30-31-26(32)35-15-23(33)29-22-12-11-19(27)14-21(22)16(2)3/h6-12,14,16,18H,1,13,15H2,2-5H3,(H,28,34)(H,29,33)/t18-/m0/s1. The summed E-state index contributed by atoms with van der Waals surface area (Å²) in [4.78, 5) is 25.5. The number of anilines is 1. The van der Waals surface area contributed by atoms with Crippen molar-refractivity contribution in [2.45, 2.75) is 51.4 Å². The summed E-state index contributed by atoms with van der Waals surface area (Å²) in [5.74, 6) is 0.796. The molecule has 1 heterocycles. The fourth-order valence-corrected chi connectivity index (χ4v) is 4.91. The Hall–Kier alpha value is -2.66. The molecule has 0 aliphatic carbocycles. The lowest BCUT2D eigenvalue weighted by Gasteiger charge is -2.16. The minimum Gasteiger partial charge on any atom is -0.342 e. The number of aromatic nitrogens is 3. The van der Waals surface area contributed by atoms with Gasteiger partial charge >= 0.3 is 0 Å². The molecule has 0 saturated carbocycles. The maximum absolute atomic E-state index is 12.8. The fraction of sp³-hybridized carbons (Fsp3) is 0.308. The molecule has 0 saturated heterocycles. The molecule has 184 valence electrons. The quantitative estimate of drug-likeness (QED) is 0.176. The minimum atomic E-state index is -0.377. The van der Waals surface area contributed by atoms with Crippen LogP contribution < -0.4 is 10.6 Å². The van der Waals surface area contributed by atoms with Crippen LogP contribution in [0.3, 0.4) is 0 Å². The second kappa shape index (κ2) is 12.3. The first kappa shape index (κ1) is 26.9. The Morgan fingerprint density at radius 2 is 1.91 bits per heavy atom. The van der Waals surface area contributed by atoms with E-state index in [1.807, 2.05) is 48.7 Å². The van der Waals surface area contributed by atoms with Crippen molar-refractivity contribution in [3.63, 3.8) is 0 Å². The number of aryl methyl sites for hydroxylation is 1. The summed E-state index contributed by atoms with van der Waals surface area (Å²) in [6, 6.07) is 13.1. The van der Waals surface area contributed by atoms with Crippen LogP contribution in [0.2, 0.25) is 0 Å². The minimum absolute atomic E-state index is 0.117. The molecule has 9 heteroatoms. The highest BCUT2D eigenvalue weighted by molar-refractivity contribution is 14.1. The Kier molecular flexibility index (Phi) is 9.50. The molecule has 1 atom stereocenters. The van der Waals surface area contributed by atoms with E-state index in [4.69, 9.17) is 0 Å². The molecule has 35 heavy (non-hydrogen) atoms. The predicted molar refractivity (Wildman–Crippen MR) is 150 cm³/mol. The Morgan fingerprint density at radius 3 is 2.60 bits per heavy atom. The van der Waals surface area contributed by atoms with Crippen LogP contribution in [0, 0.1) is 10.5 Å². The SMILES string of the molecule is C=CCn1c(SCC(=O)Nc2ccc(I)cc2C(C)C)nnc1[C@H](C)NC(=O)c1ccccc1C. The van der Waals surface area contributed by atoms with Crippen molar-refractivity contribution in [2.75, 3.05) is 11.1 Å². The summed E-state index contributed by atoms with van der Waals surface area (Å²) in [7, 11) is 0. The molecule has 2 N–H and O–H groups in total. The number of halogens is 1. The number of carbonyl (C=O) groups excluding carboxylic acids is 2. The molecule has 0 unspecified atom stereocenters. The lowest BCUT2D eigenvalue weighted by Crippen LogP contribution is -2.29. The number of allylic oxidation sites excluding steroid dienone is 1.